The number of aliphatic carboxylic acids is 1. The van der Waals surface area contributed by atoms with Crippen LogP contribution in [-0.4, -0.2) is 76.9 Å². The molecule has 1 aromatic carbocycles. The van der Waals surface area contributed by atoms with Gasteiger partial charge in [-0.25, -0.2) is 4.79 Å². The number of likely N-dealkylation sites (tertiary alicyclic amines) is 1. The second-order valence-electron chi connectivity index (χ2n) is 9.56. The number of hydrogen-bond donors (Lipinski definition) is 6. The molecular weight excluding hydrogens is 478 g/mol. The summed E-state index contributed by atoms with van der Waals surface area (Å²) in [7, 11) is 0. The Bertz CT molecular complexity index is 965. The average Bonchev–Trinajstić information content (AvgIpc) is 3.34. The van der Waals surface area contributed by atoms with Gasteiger partial charge in [0.15, 0.2) is 5.96 Å². The molecule has 0 aliphatic carbocycles. The third kappa shape index (κ3) is 9.05. The van der Waals surface area contributed by atoms with Gasteiger partial charge in [0, 0.05) is 19.5 Å². The maximum Gasteiger partial charge on any atom is 0.326 e. The lowest BCUT2D eigenvalue weighted by atomic mass is 10.0. The van der Waals surface area contributed by atoms with E-state index in [0.717, 1.165) is 5.56 Å². The Morgan fingerprint density at radius 1 is 1.11 bits per heavy atom. The van der Waals surface area contributed by atoms with Crippen molar-refractivity contribution >= 4 is 29.7 Å². The number of amides is 3. The fraction of sp³-hybridized carbons (Fsp3) is 0.560. The first-order chi connectivity index (χ1) is 17.5. The number of nitrogens with two attached hydrogens (primary N) is 3. The maximum atomic E-state index is 13.6. The number of carbonyl (C=O) groups excluding carboxylic acids is 3. The molecule has 1 fully saturated rings. The molecule has 3 amide bonds. The molecule has 2 rings (SSSR count). The molecule has 0 bridgehead atoms. The Balaban J connectivity index is 2.15. The maximum absolute atomic E-state index is 13.6. The molecule has 0 aromatic heterocycles. The zero-order valence-electron chi connectivity index (χ0n) is 21.4. The number of carbonyl (C=O) groups is 4. The topological polar surface area (TPSA) is 206 Å². The lowest BCUT2D eigenvalue weighted by Gasteiger charge is -2.30. The monoisotopic (exact) mass is 517 g/mol. The summed E-state index contributed by atoms with van der Waals surface area (Å²) in [6.45, 7) is 4.18. The number of nitrogens with one attached hydrogen (secondary N) is 2. The first kappa shape index (κ1) is 29.6. The molecule has 1 aliphatic heterocycles. The first-order valence-electron chi connectivity index (χ1n) is 12.5. The van der Waals surface area contributed by atoms with Crippen molar-refractivity contribution in [2.45, 2.75) is 70.1 Å². The number of benzene rings is 1. The summed E-state index contributed by atoms with van der Waals surface area (Å²) < 4.78 is 0. The van der Waals surface area contributed by atoms with E-state index in [-0.39, 0.29) is 31.3 Å². The van der Waals surface area contributed by atoms with Gasteiger partial charge in [0.05, 0.1) is 6.04 Å². The molecule has 12 nitrogen and oxygen atoms in total. The van der Waals surface area contributed by atoms with Crippen LogP contribution >= 0.6 is 0 Å². The van der Waals surface area contributed by atoms with Crippen molar-refractivity contribution in [3.63, 3.8) is 0 Å². The van der Waals surface area contributed by atoms with Crippen LogP contribution in [0.4, 0.5) is 0 Å². The Hall–Kier alpha value is -3.67. The van der Waals surface area contributed by atoms with Crippen LogP contribution in [0.5, 0.6) is 0 Å². The van der Waals surface area contributed by atoms with Crippen molar-refractivity contribution in [1.29, 1.82) is 0 Å². The number of aliphatic imine (C=N–C) groups is 1. The van der Waals surface area contributed by atoms with Crippen molar-refractivity contribution in [2.24, 2.45) is 28.1 Å². The summed E-state index contributed by atoms with van der Waals surface area (Å²) in [6.07, 6.45) is 1.66. The van der Waals surface area contributed by atoms with Gasteiger partial charge < -0.3 is 37.8 Å². The van der Waals surface area contributed by atoms with Crippen LogP contribution < -0.4 is 27.8 Å². The van der Waals surface area contributed by atoms with E-state index < -0.39 is 47.9 Å². The fourth-order valence-electron chi connectivity index (χ4n) is 4.15. The number of carboxylic acid groups (broad SMARTS) is 1. The quantitative estimate of drug-likeness (QED) is 0.112. The second kappa shape index (κ2) is 14.2. The fourth-order valence-corrected chi connectivity index (χ4v) is 4.15. The molecule has 12 heteroatoms. The van der Waals surface area contributed by atoms with Gasteiger partial charge in [-0.2, -0.15) is 0 Å². The second-order valence-corrected chi connectivity index (χ2v) is 9.56. The van der Waals surface area contributed by atoms with E-state index in [0.29, 0.717) is 25.8 Å². The highest BCUT2D eigenvalue weighted by atomic mass is 16.4. The number of nitrogens with zero attached hydrogens (tertiary/aromatic N) is 2. The summed E-state index contributed by atoms with van der Waals surface area (Å²) in [6, 6.07) is 5.51. The summed E-state index contributed by atoms with van der Waals surface area (Å²) in [4.78, 5) is 56.4. The van der Waals surface area contributed by atoms with E-state index in [1.54, 1.807) is 0 Å². The third-order valence-electron chi connectivity index (χ3n) is 6.32. The minimum absolute atomic E-state index is 0.0949. The van der Waals surface area contributed by atoms with Gasteiger partial charge in [0.2, 0.25) is 17.7 Å². The molecule has 37 heavy (non-hydrogen) atoms. The summed E-state index contributed by atoms with van der Waals surface area (Å²) >= 11 is 0. The van der Waals surface area contributed by atoms with Crippen molar-refractivity contribution in [2.75, 3.05) is 13.1 Å². The predicted octanol–water partition coefficient (Wildman–Crippen LogP) is -0.689. The highest BCUT2D eigenvalue weighted by Crippen LogP contribution is 2.20. The largest absolute Gasteiger partial charge is 0.480 e. The minimum atomic E-state index is -1.19. The molecular formula is C25H39N7O5. The first-order valence-corrected chi connectivity index (χ1v) is 12.5. The molecule has 0 radical (unpaired) electrons. The predicted molar refractivity (Wildman–Crippen MR) is 139 cm³/mol. The van der Waals surface area contributed by atoms with Gasteiger partial charge in [-0.1, -0.05) is 44.2 Å². The van der Waals surface area contributed by atoms with Crippen LogP contribution in [0.15, 0.2) is 35.3 Å². The molecule has 1 aromatic rings. The summed E-state index contributed by atoms with van der Waals surface area (Å²) in [5.74, 6) is -2.82. The van der Waals surface area contributed by atoms with Crippen LogP contribution in [0, 0.1) is 5.92 Å². The Morgan fingerprint density at radius 2 is 1.78 bits per heavy atom. The van der Waals surface area contributed by atoms with E-state index in [1.165, 1.54) is 4.90 Å². The van der Waals surface area contributed by atoms with Crippen molar-refractivity contribution < 1.29 is 24.3 Å². The van der Waals surface area contributed by atoms with Crippen LogP contribution in [0.1, 0.15) is 45.1 Å². The van der Waals surface area contributed by atoms with Gasteiger partial charge >= 0.3 is 5.97 Å². The Morgan fingerprint density at radius 3 is 2.38 bits per heavy atom. The molecule has 4 unspecified atom stereocenters. The summed E-state index contributed by atoms with van der Waals surface area (Å²) in [5.41, 5.74) is 17.4. The van der Waals surface area contributed by atoms with Crippen molar-refractivity contribution in [1.82, 2.24) is 15.5 Å². The lowest BCUT2D eigenvalue weighted by molar-refractivity contribution is -0.145. The normalized spacial score (nSPS) is 17.5. The lowest BCUT2D eigenvalue weighted by Crippen LogP contribution is -2.57. The Kier molecular flexibility index (Phi) is 11.3. The molecule has 9 N–H and O–H groups in total. The molecule has 4 atom stereocenters. The van der Waals surface area contributed by atoms with Gasteiger partial charge in [-0.15, -0.1) is 0 Å². The van der Waals surface area contributed by atoms with Crippen LogP contribution in [-0.2, 0) is 25.6 Å². The SMILES string of the molecule is CC(C)C(N)C(=O)NC(Cc1ccccc1)C(=O)N1CCCC1C(=O)NC(CCCN=C(N)N)C(=O)O. The van der Waals surface area contributed by atoms with Crippen LogP contribution in [0.3, 0.4) is 0 Å². The molecule has 0 spiro atoms. The van der Waals surface area contributed by atoms with Gasteiger partial charge in [0.25, 0.3) is 0 Å². The smallest absolute Gasteiger partial charge is 0.326 e. The van der Waals surface area contributed by atoms with Gasteiger partial charge in [-0.05, 0) is 37.2 Å². The number of carboxylic acids is 1. The van der Waals surface area contributed by atoms with E-state index in [1.807, 2.05) is 44.2 Å². The zero-order valence-corrected chi connectivity index (χ0v) is 21.4. The van der Waals surface area contributed by atoms with Crippen LogP contribution in [0.2, 0.25) is 0 Å². The highest BCUT2D eigenvalue weighted by Gasteiger charge is 2.39. The molecule has 0 saturated carbocycles. The third-order valence-corrected chi connectivity index (χ3v) is 6.32. The van der Waals surface area contributed by atoms with Crippen LogP contribution in [0.25, 0.3) is 0 Å². The number of rotatable bonds is 13. The minimum Gasteiger partial charge on any atom is -0.480 e. The summed E-state index contributed by atoms with van der Waals surface area (Å²) in [5, 5.41) is 14.9. The molecule has 204 valence electrons. The van der Waals surface area contributed by atoms with E-state index in [9.17, 15) is 24.3 Å². The molecule has 1 aliphatic rings. The van der Waals surface area contributed by atoms with E-state index in [2.05, 4.69) is 15.6 Å². The number of guanidine groups is 1. The number of hydrogen-bond acceptors (Lipinski definition) is 6. The standard InChI is InChI=1S/C25H39N7O5/c1-15(2)20(26)22(34)31-18(14-16-8-4-3-5-9-16)23(35)32-13-7-11-19(32)21(33)30-17(24(36)37)10-6-12-29-25(27)28/h3-5,8-9,15,17-20H,6-7,10-14,26H2,1-2H3,(H,30,33)(H,31,34)(H,36,37)(H4,27,28,29). The van der Waals surface area contributed by atoms with Gasteiger partial charge in [0.1, 0.15) is 18.1 Å². The van der Waals surface area contributed by atoms with E-state index in [4.69, 9.17) is 17.2 Å². The molecule has 1 saturated heterocycles. The zero-order chi connectivity index (χ0) is 27.5. The Labute approximate surface area is 217 Å². The average molecular weight is 518 g/mol. The van der Waals surface area contributed by atoms with Gasteiger partial charge in [-0.3, -0.25) is 19.4 Å². The molecule has 1 heterocycles. The van der Waals surface area contributed by atoms with Crippen molar-refractivity contribution in [3.05, 3.63) is 35.9 Å². The highest BCUT2D eigenvalue weighted by molar-refractivity contribution is 5.94. The van der Waals surface area contributed by atoms with E-state index >= 15 is 0 Å². The van der Waals surface area contributed by atoms with Crippen molar-refractivity contribution in [3.8, 4) is 0 Å².